The lowest BCUT2D eigenvalue weighted by atomic mass is 9.76. The maximum Gasteiger partial charge on any atom is 0.285 e. The molecule has 2 aliphatic carbocycles. The average molecular weight is 419 g/mol. The van der Waals surface area contributed by atoms with Gasteiger partial charge in [0.05, 0.1) is 6.04 Å². The van der Waals surface area contributed by atoms with Gasteiger partial charge < -0.3 is 10.6 Å². The standard InChI is InChI=1S/C24H38N2O4/c1-13(23(2,3)4)22(30)26-12-16-18(24(16,5)6)19(26)17(27)11-15(20(28)21(25)29)10-14-8-7-9-14/h13-16,18-19H,7-12H2,1-6H3,(H2,25,29)/t13-,15?,16+,18+,19-/m1/s1. The quantitative estimate of drug-likeness (QED) is 0.613. The predicted molar refractivity (Wildman–Crippen MR) is 114 cm³/mol. The van der Waals surface area contributed by atoms with Gasteiger partial charge in [0.1, 0.15) is 0 Å². The van der Waals surface area contributed by atoms with Crippen LogP contribution in [0, 0.1) is 40.4 Å². The average Bonchev–Trinajstić information content (AvgIpc) is 2.95. The second-order valence-corrected chi connectivity index (χ2v) is 11.6. The minimum Gasteiger partial charge on any atom is -0.363 e. The number of hydrogen-bond acceptors (Lipinski definition) is 4. The number of carbonyl (C=O) groups is 4. The molecule has 6 nitrogen and oxygen atoms in total. The van der Waals surface area contributed by atoms with Crippen LogP contribution in [-0.4, -0.2) is 40.9 Å². The van der Waals surface area contributed by atoms with Crippen molar-refractivity contribution in [1.82, 2.24) is 4.90 Å². The van der Waals surface area contributed by atoms with Crippen LogP contribution in [0.25, 0.3) is 0 Å². The summed E-state index contributed by atoms with van der Waals surface area (Å²) in [6.07, 6.45) is 3.75. The zero-order chi connectivity index (χ0) is 22.6. The highest BCUT2D eigenvalue weighted by molar-refractivity contribution is 6.36. The van der Waals surface area contributed by atoms with Crippen LogP contribution in [0.4, 0.5) is 0 Å². The lowest BCUT2D eigenvalue weighted by molar-refractivity contribution is -0.146. The number of nitrogens with two attached hydrogens (primary N) is 1. The molecule has 2 saturated carbocycles. The van der Waals surface area contributed by atoms with Crippen molar-refractivity contribution in [3.05, 3.63) is 0 Å². The van der Waals surface area contributed by atoms with Crippen molar-refractivity contribution >= 4 is 23.4 Å². The molecule has 0 radical (unpaired) electrons. The molecule has 3 fully saturated rings. The lowest BCUT2D eigenvalue weighted by Crippen LogP contribution is -2.50. The maximum absolute atomic E-state index is 13.5. The number of carbonyl (C=O) groups excluding carboxylic acids is 4. The van der Waals surface area contributed by atoms with Crippen LogP contribution in [0.3, 0.4) is 0 Å². The molecule has 0 aromatic carbocycles. The summed E-state index contributed by atoms with van der Waals surface area (Å²) in [4.78, 5) is 52.5. The molecule has 168 valence electrons. The normalized spacial score (nSPS) is 29.5. The topological polar surface area (TPSA) is 97.5 Å². The van der Waals surface area contributed by atoms with Gasteiger partial charge in [0.2, 0.25) is 11.7 Å². The Labute approximate surface area is 180 Å². The number of fused-ring (bicyclic) bond motifs is 1. The van der Waals surface area contributed by atoms with Crippen molar-refractivity contribution in [2.75, 3.05) is 6.54 Å². The fourth-order valence-corrected chi connectivity index (χ4v) is 5.48. The van der Waals surface area contributed by atoms with Crippen LogP contribution < -0.4 is 5.73 Å². The Hall–Kier alpha value is -1.72. The van der Waals surface area contributed by atoms with Gasteiger partial charge in [-0.1, -0.05) is 60.8 Å². The molecule has 1 unspecified atom stereocenters. The van der Waals surface area contributed by atoms with E-state index in [0.717, 1.165) is 19.3 Å². The molecule has 6 heteroatoms. The van der Waals surface area contributed by atoms with Crippen LogP contribution in [0.2, 0.25) is 0 Å². The summed E-state index contributed by atoms with van der Waals surface area (Å²) in [6.45, 7) is 12.9. The van der Waals surface area contributed by atoms with Crippen molar-refractivity contribution in [3.8, 4) is 0 Å². The molecule has 1 saturated heterocycles. The molecule has 0 spiro atoms. The molecule has 0 aromatic rings. The third-order valence-electron chi connectivity index (χ3n) is 8.39. The molecular formula is C24H38N2O4. The van der Waals surface area contributed by atoms with Crippen molar-refractivity contribution in [1.29, 1.82) is 0 Å². The van der Waals surface area contributed by atoms with Crippen molar-refractivity contribution < 1.29 is 19.2 Å². The van der Waals surface area contributed by atoms with Gasteiger partial charge >= 0.3 is 0 Å². The summed E-state index contributed by atoms with van der Waals surface area (Å²) in [6, 6.07) is -0.494. The van der Waals surface area contributed by atoms with E-state index >= 15 is 0 Å². The molecular weight excluding hydrogens is 380 g/mol. The van der Waals surface area contributed by atoms with Gasteiger partial charge in [-0.25, -0.2) is 0 Å². The minimum absolute atomic E-state index is 0.00984. The van der Waals surface area contributed by atoms with E-state index in [2.05, 4.69) is 13.8 Å². The first-order chi connectivity index (χ1) is 13.8. The summed E-state index contributed by atoms with van der Waals surface area (Å²) in [7, 11) is 0. The van der Waals surface area contributed by atoms with Crippen molar-refractivity contribution in [2.45, 2.75) is 79.7 Å². The van der Waals surface area contributed by atoms with E-state index in [0.29, 0.717) is 24.8 Å². The Bertz CT molecular complexity index is 747. The first kappa shape index (κ1) is 23.0. The van der Waals surface area contributed by atoms with Gasteiger partial charge in [-0.2, -0.15) is 0 Å². The monoisotopic (exact) mass is 418 g/mol. The number of ketones is 2. The maximum atomic E-state index is 13.5. The Morgan fingerprint density at radius 3 is 2.20 bits per heavy atom. The van der Waals surface area contributed by atoms with Crippen molar-refractivity contribution in [3.63, 3.8) is 0 Å². The zero-order valence-corrected chi connectivity index (χ0v) is 19.4. The SMILES string of the molecule is C[C@H](C(=O)N1C[C@H]2[C@@H]([C@H]1C(=O)CC(CC1CCC1)C(=O)C(N)=O)C2(C)C)C(C)(C)C. The Balaban J connectivity index is 1.79. The van der Waals surface area contributed by atoms with E-state index in [1.807, 2.05) is 27.7 Å². The predicted octanol–water partition coefficient (Wildman–Crippen LogP) is 2.97. The van der Waals surface area contributed by atoms with Crippen LogP contribution >= 0.6 is 0 Å². The molecule has 1 heterocycles. The smallest absolute Gasteiger partial charge is 0.285 e. The first-order valence-corrected chi connectivity index (χ1v) is 11.4. The molecule has 3 aliphatic rings. The minimum atomic E-state index is -0.961. The number of hydrogen-bond donors (Lipinski definition) is 1. The Morgan fingerprint density at radius 1 is 1.13 bits per heavy atom. The van der Waals surface area contributed by atoms with Gasteiger partial charge in [-0.15, -0.1) is 0 Å². The molecule has 2 amide bonds. The van der Waals surface area contributed by atoms with Gasteiger partial charge in [0, 0.05) is 24.8 Å². The Morgan fingerprint density at radius 2 is 1.73 bits per heavy atom. The molecule has 2 N–H and O–H groups in total. The third-order valence-corrected chi connectivity index (χ3v) is 8.39. The molecule has 0 bridgehead atoms. The number of piperidine rings is 1. The van der Waals surface area contributed by atoms with E-state index < -0.39 is 23.7 Å². The van der Waals surface area contributed by atoms with Crippen LogP contribution in [0.1, 0.15) is 73.6 Å². The fourth-order valence-electron chi connectivity index (χ4n) is 5.48. The summed E-state index contributed by atoms with van der Waals surface area (Å²) in [5.74, 6) is -1.68. The molecule has 30 heavy (non-hydrogen) atoms. The van der Waals surface area contributed by atoms with Crippen molar-refractivity contribution in [2.24, 2.45) is 46.2 Å². The van der Waals surface area contributed by atoms with E-state index in [1.54, 1.807) is 4.90 Å². The van der Waals surface area contributed by atoms with Gasteiger partial charge in [-0.3, -0.25) is 19.2 Å². The number of primary amides is 1. The van der Waals surface area contributed by atoms with Gasteiger partial charge in [0.15, 0.2) is 5.78 Å². The first-order valence-electron chi connectivity index (χ1n) is 11.4. The summed E-state index contributed by atoms with van der Waals surface area (Å²) < 4.78 is 0. The Kier molecular flexibility index (Phi) is 5.94. The number of likely N-dealkylation sites (tertiary alicyclic amines) is 1. The van der Waals surface area contributed by atoms with Crippen LogP contribution in [-0.2, 0) is 19.2 Å². The third kappa shape index (κ3) is 4.06. The number of rotatable bonds is 8. The summed E-state index contributed by atoms with van der Waals surface area (Å²) in [5.41, 5.74) is 5.11. The van der Waals surface area contributed by atoms with Crippen LogP contribution in [0.15, 0.2) is 0 Å². The number of nitrogens with zero attached hydrogens (tertiary/aromatic N) is 1. The number of Topliss-reactive ketones (excluding diaryl/α,β-unsaturated/α-hetero) is 2. The van der Waals surface area contributed by atoms with Crippen LogP contribution in [0.5, 0.6) is 0 Å². The number of amides is 2. The van der Waals surface area contributed by atoms with E-state index in [4.69, 9.17) is 5.73 Å². The molecule has 3 rings (SSSR count). The van der Waals surface area contributed by atoms with E-state index in [-0.39, 0.29) is 40.8 Å². The summed E-state index contributed by atoms with van der Waals surface area (Å²) in [5, 5.41) is 0. The van der Waals surface area contributed by atoms with Gasteiger partial charge in [-0.05, 0) is 35.0 Å². The highest BCUT2D eigenvalue weighted by Gasteiger charge is 2.69. The fraction of sp³-hybridized carbons (Fsp3) is 0.833. The second-order valence-electron chi connectivity index (χ2n) is 11.6. The van der Waals surface area contributed by atoms with E-state index in [1.165, 1.54) is 0 Å². The largest absolute Gasteiger partial charge is 0.363 e. The zero-order valence-electron chi connectivity index (χ0n) is 19.4. The lowest BCUT2D eigenvalue weighted by Gasteiger charge is -2.36. The van der Waals surface area contributed by atoms with E-state index in [9.17, 15) is 19.2 Å². The highest BCUT2D eigenvalue weighted by atomic mass is 16.2. The molecule has 5 atom stereocenters. The highest BCUT2D eigenvalue weighted by Crippen LogP contribution is 2.65. The summed E-state index contributed by atoms with van der Waals surface area (Å²) >= 11 is 0. The van der Waals surface area contributed by atoms with Gasteiger partial charge in [0.25, 0.3) is 5.91 Å². The second kappa shape index (κ2) is 7.76. The molecule has 0 aromatic heterocycles. The molecule has 1 aliphatic heterocycles.